The number of likely N-dealkylation sites (tertiary alicyclic amines) is 1. The topological polar surface area (TPSA) is 40.6 Å². The van der Waals surface area contributed by atoms with E-state index in [2.05, 4.69) is 0 Å². The maximum Gasteiger partial charge on any atom is 0.228 e. The molecule has 0 radical (unpaired) electrons. The number of halogens is 2. The molecule has 3 aliphatic rings. The molecule has 2 saturated carbocycles. The molecule has 1 aliphatic heterocycles. The van der Waals surface area contributed by atoms with Gasteiger partial charge < -0.3 is 9.80 Å². The van der Waals surface area contributed by atoms with Crippen LogP contribution in [0.2, 0.25) is 5.02 Å². The third-order valence-corrected chi connectivity index (χ3v) is 6.29. The lowest BCUT2D eigenvalue weighted by molar-refractivity contribution is -0.137. The highest BCUT2D eigenvalue weighted by molar-refractivity contribution is 6.31. The van der Waals surface area contributed by atoms with E-state index >= 15 is 0 Å². The van der Waals surface area contributed by atoms with Crippen molar-refractivity contribution in [2.75, 3.05) is 6.54 Å². The van der Waals surface area contributed by atoms with Gasteiger partial charge in [0.1, 0.15) is 5.82 Å². The minimum atomic E-state index is -0.383. The lowest BCUT2D eigenvalue weighted by atomic mass is 10.1. The smallest absolute Gasteiger partial charge is 0.228 e. The van der Waals surface area contributed by atoms with Crippen molar-refractivity contribution in [3.8, 4) is 0 Å². The van der Waals surface area contributed by atoms with Gasteiger partial charge in [0.25, 0.3) is 0 Å². The molecule has 1 saturated heterocycles. The standard InChI is InChI=1S/C20H24ClFN2O2/c21-17-6-3-7-18(22)16(17)12-24(15-8-9-15)20(26)13-10-19(25)23(11-13)14-4-1-2-5-14/h3,6-7,13-15H,1-2,4-5,8-12H2/t13-/m1/s1. The van der Waals surface area contributed by atoms with Gasteiger partial charge in [0.05, 0.1) is 12.5 Å². The Balaban J connectivity index is 1.49. The van der Waals surface area contributed by atoms with Gasteiger partial charge in [0.15, 0.2) is 0 Å². The summed E-state index contributed by atoms with van der Waals surface area (Å²) in [5.74, 6) is -0.629. The molecule has 26 heavy (non-hydrogen) atoms. The average Bonchev–Trinajstić information content (AvgIpc) is 3.15. The van der Waals surface area contributed by atoms with Crippen molar-refractivity contribution < 1.29 is 14.0 Å². The second kappa shape index (κ2) is 7.18. The Hall–Kier alpha value is -1.62. The van der Waals surface area contributed by atoms with Crippen LogP contribution in [0.1, 0.15) is 50.5 Å². The third-order valence-electron chi connectivity index (χ3n) is 5.93. The van der Waals surface area contributed by atoms with Crippen LogP contribution in [0.3, 0.4) is 0 Å². The monoisotopic (exact) mass is 378 g/mol. The number of carbonyl (C=O) groups is 2. The first-order valence-electron chi connectivity index (χ1n) is 9.57. The molecule has 6 heteroatoms. The number of rotatable bonds is 5. The fraction of sp³-hybridized carbons (Fsp3) is 0.600. The van der Waals surface area contributed by atoms with Gasteiger partial charge in [-0.25, -0.2) is 4.39 Å². The molecule has 2 amide bonds. The molecule has 2 aliphatic carbocycles. The van der Waals surface area contributed by atoms with Crippen LogP contribution in [-0.4, -0.2) is 40.2 Å². The summed E-state index contributed by atoms with van der Waals surface area (Å²) in [6, 6.07) is 5.04. The molecule has 0 spiro atoms. The highest BCUT2D eigenvalue weighted by Gasteiger charge is 2.43. The Morgan fingerprint density at radius 2 is 1.96 bits per heavy atom. The molecule has 4 nitrogen and oxygen atoms in total. The fourth-order valence-electron chi connectivity index (χ4n) is 4.33. The van der Waals surface area contributed by atoms with Crippen LogP contribution >= 0.6 is 11.6 Å². The van der Waals surface area contributed by atoms with Crippen molar-refractivity contribution >= 4 is 23.4 Å². The molecule has 3 fully saturated rings. The maximum absolute atomic E-state index is 14.2. The SMILES string of the molecule is O=C1C[C@@H](C(=O)N(Cc2c(F)cccc2Cl)C2CC2)CN1C1CCCC1. The predicted molar refractivity (Wildman–Crippen MR) is 97.1 cm³/mol. The minimum Gasteiger partial charge on any atom is -0.339 e. The zero-order valence-electron chi connectivity index (χ0n) is 14.8. The molecule has 1 aromatic rings. The molecular formula is C20H24ClFN2O2. The van der Waals surface area contributed by atoms with Crippen molar-refractivity contribution in [1.29, 1.82) is 0 Å². The molecule has 0 unspecified atom stereocenters. The molecule has 0 bridgehead atoms. The first-order chi connectivity index (χ1) is 12.5. The number of hydrogen-bond acceptors (Lipinski definition) is 2. The van der Waals surface area contributed by atoms with Crippen molar-refractivity contribution in [1.82, 2.24) is 9.80 Å². The molecule has 1 heterocycles. The lowest BCUT2D eigenvalue weighted by Crippen LogP contribution is -2.40. The van der Waals surface area contributed by atoms with Gasteiger partial charge in [0.2, 0.25) is 11.8 Å². The summed E-state index contributed by atoms with van der Waals surface area (Å²) in [5.41, 5.74) is 0.367. The van der Waals surface area contributed by atoms with Gasteiger partial charge in [-0.3, -0.25) is 9.59 Å². The number of nitrogens with zero attached hydrogens (tertiary/aromatic N) is 2. The summed E-state index contributed by atoms with van der Waals surface area (Å²) in [7, 11) is 0. The van der Waals surface area contributed by atoms with Gasteiger partial charge in [-0.15, -0.1) is 0 Å². The summed E-state index contributed by atoms with van der Waals surface area (Å²) < 4.78 is 14.2. The number of amides is 2. The van der Waals surface area contributed by atoms with Crippen LogP contribution in [0.15, 0.2) is 18.2 Å². The predicted octanol–water partition coefficient (Wildman–Crippen LogP) is 3.76. The normalized spacial score (nSPS) is 23.7. The first-order valence-corrected chi connectivity index (χ1v) is 9.95. The van der Waals surface area contributed by atoms with Crippen molar-refractivity contribution in [3.05, 3.63) is 34.6 Å². The first kappa shape index (κ1) is 17.8. The van der Waals surface area contributed by atoms with Crippen molar-refractivity contribution in [2.24, 2.45) is 5.92 Å². The van der Waals surface area contributed by atoms with E-state index in [-0.39, 0.29) is 42.6 Å². The molecule has 140 valence electrons. The second-order valence-electron chi connectivity index (χ2n) is 7.78. The Morgan fingerprint density at radius 1 is 1.23 bits per heavy atom. The zero-order valence-corrected chi connectivity index (χ0v) is 15.6. The quantitative estimate of drug-likeness (QED) is 0.782. The lowest BCUT2D eigenvalue weighted by Gasteiger charge is -2.27. The van der Waals surface area contributed by atoms with Gasteiger partial charge >= 0.3 is 0 Å². The maximum atomic E-state index is 14.2. The van der Waals surface area contributed by atoms with Crippen molar-refractivity contribution in [3.63, 3.8) is 0 Å². The largest absolute Gasteiger partial charge is 0.339 e. The van der Waals surface area contributed by atoms with Gasteiger partial charge in [-0.05, 0) is 37.8 Å². The van der Waals surface area contributed by atoms with E-state index in [4.69, 9.17) is 11.6 Å². The Bertz CT molecular complexity index is 696. The van der Waals surface area contributed by atoms with Gasteiger partial charge in [0, 0.05) is 35.6 Å². The van der Waals surface area contributed by atoms with E-state index in [1.165, 1.54) is 6.07 Å². The second-order valence-corrected chi connectivity index (χ2v) is 8.19. The van der Waals surface area contributed by atoms with E-state index in [0.29, 0.717) is 23.2 Å². The summed E-state index contributed by atoms with van der Waals surface area (Å²) in [6.45, 7) is 0.694. The molecular weight excluding hydrogens is 355 g/mol. The highest BCUT2D eigenvalue weighted by atomic mass is 35.5. The summed E-state index contributed by atoms with van der Waals surface area (Å²) in [4.78, 5) is 29.2. The van der Waals surface area contributed by atoms with E-state index in [1.54, 1.807) is 17.0 Å². The molecule has 1 aromatic carbocycles. The average molecular weight is 379 g/mol. The Morgan fingerprint density at radius 3 is 2.62 bits per heavy atom. The van der Waals surface area contributed by atoms with E-state index in [9.17, 15) is 14.0 Å². The van der Waals surface area contributed by atoms with Crippen LogP contribution in [0.4, 0.5) is 4.39 Å². The summed E-state index contributed by atoms with van der Waals surface area (Å²) in [5, 5.41) is 0.346. The van der Waals surface area contributed by atoms with Crippen LogP contribution in [-0.2, 0) is 16.1 Å². The van der Waals surface area contributed by atoms with E-state index < -0.39 is 0 Å². The van der Waals surface area contributed by atoms with Crippen LogP contribution in [0.25, 0.3) is 0 Å². The minimum absolute atomic E-state index is 0.0272. The number of carbonyl (C=O) groups excluding carboxylic acids is 2. The van der Waals surface area contributed by atoms with Crippen LogP contribution < -0.4 is 0 Å². The molecule has 4 rings (SSSR count). The van der Waals surface area contributed by atoms with Crippen LogP contribution in [0.5, 0.6) is 0 Å². The van der Waals surface area contributed by atoms with E-state index in [0.717, 1.165) is 38.5 Å². The fourth-order valence-corrected chi connectivity index (χ4v) is 4.55. The summed E-state index contributed by atoms with van der Waals surface area (Å²) >= 11 is 6.16. The van der Waals surface area contributed by atoms with Gasteiger partial charge in [-0.1, -0.05) is 30.5 Å². The third kappa shape index (κ3) is 3.46. The zero-order chi connectivity index (χ0) is 18.3. The number of benzene rings is 1. The van der Waals surface area contributed by atoms with Crippen LogP contribution in [0, 0.1) is 11.7 Å². The van der Waals surface area contributed by atoms with Gasteiger partial charge in [-0.2, -0.15) is 0 Å². The highest BCUT2D eigenvalue weighted by Crippen LogP contribution is 2.35. The number of hydrogen-bond donors (Lipinski definition) is 0. The molecule has 0 aromatic heterocycles. The Kier molecular flexibility index (Phi) is 4.91. The molecule has 0 N–H and O–H groups in total. The van der Waals surface area contributed by atoms with E-state index in [1.807, 2.05) is 4.90 Å². The van der Waals surface area contributed by atoms with Crippen molar-refractivity contribution in [2.45, 2.75) is 63.6 Å². The Labute approximate surface area is 158 Å². The summed E-state index contributed by atoms with van der Waals surface area (Å²) in [6.07, 6.45) is 6.56. The molecule has 1 atom stereocenters.